The lowest BCUT2D eigenvalue weighted by Gasteiger charge is -2.21. The highest BCUT2D eigenvalue weighted by molar-refractivity contribution is 7.98. The molecule has 0 unspecified atom stereocenters. The van der Waals surface area contributed by atoms with E-state index >= 15 is 0 Å². The second kappa shape index (κ2) is 6.12. The summed E-state index contributed by atoms with van der Waals surface area (Å²) in [5.41, 5.74) is 8.31. The van der Waals surface area contributed by atoms with Gasteiger partial charge in [0.15, 0.2) is 0 Å². The van der Waals surface area contributed by atoms with Crippen LogP contribution in [-0.2, 0) is 6.54 Å². The molecule has 0 spiro atoms. The van der Waals surface area contributed by atoms with Crippen molar-refractivity contribution in [2.75, 3.05) is 30.5 Å². The molecule has 0 heterocycles. The van der Waals surface area contributed by atoms with Gasteiger partial charge in [-0.3, -0.25) is 0 Å². The molecule has 0 radical (unpaired) electrons. The summed E-state index contributed by atoms with van der Waals surface area (Å²) in [5, 5.41) is 2.57. The summed E-state index contributed by atoms with van der Waals surface area (Å²) in [4.78, 5) is 2.32. The van der Waals surface area contributed by atoms with Crippen LogP contribution in [0.2, 0.25) is 0 Å². The second-order valence-electron chi connectivity index (χ2n) is 4.41. The molecule has 96 valence electrons. The van der Waals surface area contributed by atoms with Crippen LogP contribution in [0.5, 0.6) is 0 Å². The highest BCUT2D eigenvalue weighted by Crippen LogP contribution is 2.28. The van der Waals surface area contributed by atoms with Crippen LogP contribution in [0.4, 0.5) is 5.69 Å². The van der Waals surface area contributed by atoms with Gasteiger partial charge in [0.05, 0.1) is 0 Å². The van der Waals surface area contributed by atoms with Crippen molar-refractivity contribution < 1.29 is 0 Å². The maximum Gasteiger partial charge on any atom is 0.0443 e. The minimum Gasteiger partial charge on any atom is -0.373 e. The van der Waals surface area contributed by atoms with Crippen molar-refractivity contribution in [3.05, 3.63) is 42.0 Å². The highest BCUT2D eigenvalue weighted by atomic mass is 32.2. The van der Waals surface area contributed by atoms with Gasteiger partial charge in [0.2, 0.25) is 0 Å². The Labute approximate surface area is 113 Å². The molecule has 0 aliphatic rings. The molecule has 0 saturated carbocycles. The molecule has 0 atom stereocenters. The standard InChI is InChI=1S/C15H20N2S/c1-17(9-10-18-2)15-8-7-12(11-16)13-5-3-4-6-14(13)15/h3-8H,9-11,16H2,1-2H3. The Morgan fingerprint density at radius 2 is 1.83 bits per heavy atom. The van der Waals surface area contributed by atoms with Gasteiger partial charge in [0.25, 0.3) is 0 Å². The van der Waals surface area contributed by atoms with Gasteiger partial charge in [-0.25, -0.2) is 0 Å². The minimum absolute atomic E-state index is 0.593. The van der Waals surface area contributed by atoms with Crippen LogP contribution in [-0.4, -0.2) is 25.6 Å². The third kappa shape index (κ3) is 2.62. The average molecular weight is 260 g/mol. The van der Waals surface area contributed by atoms with Crippen molar-refractivity contribution in [2.24, 2.45) is 5.73 Å². The lowest BCUT2D eigenvalue weighted by Crippen LogP contribution is -2.20. The lowest BCUT2D eigenvalue weighted by molar-refractivity contribution is 0.982. The zero-order valence-corrected chi connectivity index (χ0v) is 11.8. The zero-order valence-electron chi connectivity index (χ0n) is 11.0. The van der Waals surface area contributed by atoms with E-state index in [9.17, 15) is 0 Å². The average Bonchev–Trinajstić information content (AvgIpc) is 2.43. The summed E-state index contributed by atoms with van der Waals surface area (Å²) in [5.74, 6) is 1.14. The molecule has 0 aliphatic heterocycles. The van der Waals surface area contributed by atoms with Crippen molar-refractivity contribution in [1.82, 2.24) is 0 Å². The summed E-state index contributed by atoms with van der Waals surface area (Å²) in [7, 11) is 2.15. The Bertz CT molecular complexity index is 525. The van der Waals surface area contributed by atoms with E-state index < -0.39 is 0 Å². The number of hydrogen-bond acceptors (Lipinski definition) is 3. The normalized spacial score (nSPS) is 10.8. The molecule has 18 heavy (non-hydrogen) atoms. The van der Waals surface area contributed by atoms with E-state index in [0.29, 0.717) is 6.54 Å². The Morgan fingerprint density at radius 3 is 2.50 bits per heavy atom. The third-order valence-electron chi connectivity index (χ3n) is 3.25. The minimum atomic E-state index is 0.593. The molecule has 0 fully saturated rings. The molecule has 2 nitrogen and oxygen atoms in total. The molecule has 0 saturated heterocycles. The SMILES string of the molecule is CSCCN(C)c1ccc(CN)c2ccccc12. The zero-order chi connectivity index (χ0) is 13.0. The number of rotatable bonds is 5. The van der Waals surface area contributed by atoms with Crippen molar-refractivity contribution in [1.29, 1.82) is 0 Å². The number of anilines is 1. The topological polar surface area (TPSA) is 29.3 Å². The molecule has 0 aromatic heterocycles. The Hall–Kier alpha value is -1.19. The molecule has 0 aliphatic carbocycles. The molecule has 3 heteroatoms. The first kappa shape index (κ1) is 13.2. The monoisotopic (exact) mass is 260 g/mol. The van der Waals surface area contributed by atoms with Crippen molar-refractivity contribution in [3.8, 4) is 0 Å². The highest BCUT2D eigenvalue weighted by Gasteiger charge is 2.08. The quantitative estimate of drug-likeness (QED) is 0.895. The van der Waals surface area contributed by atoms with Gasteiger partial charge < -0.3 is 10.6 Å². The van der Waals surface area contributed by atoms with Gasteiger partial charge in [0, 0.05) is 37.0 Å². The maximum atomic E-state index is 5.81. The predicted octanol–water partition coefficient (Wildman–Crippen LogP) is 3.10. The van der Waals surface area contributed by atoms with Crippen LogP contribution < -0.4 is 10.6 Å². The van der Waals surface area contributed by atoms with Crippen LogP contribution >= 0.6 is 11.8 Å². The first-order valence-electron chi connectivity index (χ1n) is 6.18. The van der Waals surface area contributed by atoms with E-state index in [1.807, 2.05) is 11.8 Å². The summed E-state index contributed by atoms with van der Waals surface area (Å²) in [6.45, 7) is 1.66. The van der Waals surface area contributed by atoms with Crippen molar-refractivity contribution in [2.45, 2.75) is 6.54 Å². The van der Waals surface area contributed by atoms with Crippen LogP contribution in [0.1, 0.15) is 5.56 Å². The predicted molar refractivity (Wildman–Crippen MR) is 83.5 cm³/mol. The fourth-order valence-electron chi connectivity index (χ4n) is 2.21. The number of thioether (sulfide) groups is 1. The van der Waals surface area contributed by atoms with E-state index in [2.05, 4.69) is 54.6 Å². The fourth-order valence-corrected chi connectivity index (χ4v) is 2.66. The Kier molecular flexibility index (Phi) is 4.50. The Morgan fingerprint density at radius 1 is 1.11 bits per heavy atom. The molecule has 2 N–H and O–H groups in total. The molecule has 0 bridgehead atoms. The number of hydrogen-bond donors (Lipinski definition) is 1. The number of benzene rings is 2. The van der Waals surface area contributed by atoms with Crippen molar-refractivity contribution >= 4 is 28.2 Å². The van der Waals surface area contributed by atoms with E-state index in [-0.39, 0.29) is 0 Å². The molecule has 2 aromatic rings. The summed E-state index contributed by atoms with van der Waals surface area (Å²) in [6, 6.07) is 12.8. The number of nitrogens with two attached hydrogens (primary N) is 1. The van der Waals surface area contributed by atoms with E-state index in [1.54, 1.807) is 0 Å². The van der Waals surface area contributed by atoms with Gasteiger partial charge in [-0.2, -0.15) is 11.8 Å². The Balaban J connectivity index is 2.45. The summed E-state index contributed by atoms with van der Waals surface area (Å²) < 4.78 is 0. The van der Waals surface area contributed by atoms with Gasteiger partial charge in [-0.05, 0) is 23.3 Å². The number of fused-ring (bicyclic) bond motifs is 1. The van der Waals surface area contributed by atoms with E-state index in [0.717, 1.165) is 12.3 Å². The first-order valence-corrected chi connectivity index (χ1v) is 7.58. The lowest BCUT2D eigenvalue weighted by atomic mass is 10.0. The first-order chi connectivity index (χ1) is 8.77. The molecule has 0 amide bonds. The van der Waals surface area contributed by atoms with Crippen molar-refractivity contribution in [3.63, 3.8) is 0 Å². The fraction of sp³-hybridized carbons (Fsp3) is 0.333. The molecule has 2 aromatic carbocycles. The molecule has 2 rings (SSSR count). The van der Waals surface area contributed by atoms with Crippen LogP contribution in [0.3, 0.4) is 0 Å². The second-order valence-corrected chi connectivity index (χ2v) is 5.39. The third-order valence-corrected chi connectivity index (χ3v) is 3.84. The summed E-state index contributed by atoms with van der Waals surface area (Å²) >= 11 is 1.88. The van der Waals surface area contributed by atoms with Crippen LogP contribution in [0.25, 0.3) is 10.8 Å². The summed E-state index contributed by atoms with van der Waals surface area (Å²) in [6.07, 6.45) is 2.14. The van der Waals surface area contributed by atoms with E-state index in [4.69, 9.17) is 5.73 Å². The van der Waals surface area contributed by atoms with Gasteiger partial charge in [-0.1, -0.05) is 30.3 Å². The van der Waals surface area contributed by atoms with Gasteiger partial charge >= 0.3 is 0 Å². The van der Waals surface area contributed by atoms with Gasteiger partial charge in [0.1, 0.15) is 0 Å². The largest absolute Gasteiger partial charge is 0.373 e. The smallest absolute Gasteiger partial charge is 0.0443 e. The molecular weight excluding hydrogens is 240 g/mol. The maximum absolute atomic E-state index is 5.81. The number of nitrogens with zero attached hydrogens (tertiary/aromatic N) is 1. The van der Waals surface area contributed by atoms with Crippen LogP contribution in [0.15, 0.2) is 36.4 Å². The molecular formula is C15H20N2S. The van der Waals surface area contributed by atoms with Crippen LogP contribution in [0, 0.1) is 0 Å². The van der Waals surface area contributed by atoms with E-state index in [1.165, 1.54) is 22.0 Å². The van der Waals surface area contributed by atoms with Gasteiger partial charge in [-0.15, -0.1) is 0 Å².